The van der Waals surface area contributed by atoms with Crippen LogP contribution >= 0.6 is 0 Å². The Labute approximate surface area is 164 Å². The Bertz CT molecular complexity index is 922. The summed E-state index contributed by atoms with van der Waals surface area (Å²) in [5.74, 6) is -0.0693. The van der Waals surface area contributed by atoms with Crippen LogP contribution in [0.25, 0.3) is 6.08 Å². The molecule has 2 aromatic rings. The molecule has 5 heteroatoms. The van der Waals surface area contributed by atoms with Gasteiger partial charge in [-0.25, -0.2) is 4.79 Å². The van der Waals surface area contributed by atoms with Gasteiger partial charge >= 0.3 is 5.97 Å². The summed E-state index contributed by atoms with van der Waals surface area (Å²) in [5, 5.41) is 11.8. The number of carbonyl (C=O) groups excluding carboxylic acids is 1. The quantitative estimate of drug-likeness (QED) is 0.542. The SMILES string of the molecule is Cc1cc(/C=C/C(=O)Nc2ccccc2C(=O)O)ccc1OCC1CC=CC1. The van der Waals surface area contributed by atoms with Gasteiger partial charge in [0.1, 0.15) is 5.75 Å². The van der Waals surface area contributed by atoms with E-state index < -0.39 is 5.97 Å². The fourth-order valence-electron chi connectivity index (χ4n) is 3.08. The van der Waals surface area contributed by atoms with Gasteiger partial charge in [0.25, 0.3) is 0 Å². The third kappa shape index (κ3) is 5.10. The van der Waals surface area contributed by atoms with Crippen molar-refractivity contribution in [3.63, 3.8) is 0 Å². The van der Waals surface area contributed by atoms with E-state index in [2.05, 4.69) is 17.5 Å². The molecule has 28 heavy (non-hydrogen) atoms. The second-order valence-corrected chi connectivity index (χ2v) is 6.82. The van der Waals surface area contributed by atoms with Crippen molar-refractivity contribution in [1.29, 1.82) is 0 Å². The first-order valence-electron chi connectivity index (χ1n) is 9.23. The maximum atomic E-state index is 12.1. The lowest BCUT2D eigenvalue weighted by Gasteiger charge is -2.13. The molecule has 0 bridgehead atoms. The first-order chi connectivity index (χ1) is 13.5. The van der Waals surface area contributed by atoms with Crippen molar-refractivity contribution in [2.75, 3.05) is 11.9 Å². The van der Waals surface area contributed by atoms with Crippen molar-refractivity contribution in [3.8, 4) is 5.75 Å². The van der Waals surface area contributed by atoms with Gasteiger partial charge in [-0.2, -0.15) is 0 Å². The van der Waals surface area contributed by atoms with Crippen molar-refractivity contribution in [3.05, 3.63) is 77.4 Å². The van der Waals surface area contributed by atoms with Crippen LogP contribution in [0, 0.1) is 12.8 Å². The first-order valence-corrected chi connectivity index (χ1v) is 9.23. The van der Waals surface area contributed by atoms with Crippen LogP contribution < -0.4 is 10.1 Å². The topological polar surface area (TPSA) is 75.6 Å². The third-order valence-electron chi connectivity index (χ3n) is 4.62. The number of ether oxygens (including phenoxy) is 1. The summed E-state index contributed by atoms with van der Waals surface area (Å²) >= 11 is 0. The maximum Gasteiger partial charge on any atom is 0.337 e. The number of aromatic carboxylic acids is 1. The number of rotatable bonds is 7. The molecule has 3 rings (SSSR count). The number of carboxylic acids is 1. The molecule has 0 spiro atoms. The zero-order valence-electron chi connectivity index (χ0n) is 15.7. The van der Waals surface area contributed by atoms with Crippen molar-refractivity contribution < 1.29 is 19.4 Å². The van der Waals surface area contributed by atoms with E-state index in [4.69, 9.17) is 4.74 Å². The number of anilines is 1. The number of aryl methyl sites for hydroxylation is 1. The zero-order valence-corrected chi connectivity index (χ0v) is 15.7. The summed E-state index contributed by atoms with van der Waals surface area (Å²) < 4.78 is 5.92. The van der Waals surface area contributed by atoms with E-state index >= 15 is 0 Å². The van der Waals surface area contributed by atoms with Gasteiger partial charge in [0, 0.05) is 6.08 Å². The van der Waals surface area contributed by atoms with Gasteiger partial charge in [0.2, 0.25) is 5.91 Å². The molecule has 2 N–H and O–H groups in total. The lowest BCUT2D eigenvalue weighted by molar-refractivity contribution is -0.111. The number of nitrogens with one attached hydrogen (secondary N) is 1. The Kier molecular flexibility index (Phi) is 6.27. The molecule has 2 aromatic carbocycles. The van der Waals surface area contributed by atoms with Crippen LogP contribution in [0.1, 0.15) is 34.3 Å². The number of allylic oxidation sites excluding steroid dienone is 2. The summed E-state index contributed by atoms with van der Waals surface area (Å²) in [7, 11) is 0. The predicted molar refractivity (Wildman–Crippen MR) is 110 cm³/mol. The van der Waals surface area contributed by atoms with Gasteiger partial charge in [-0.1, -0.05) is 30.4 Å². The summed E-state index contributed by atoms with van der Waals surface area (Å²) in [5.41, 5.74) is 2.20. The second-order valence-electron chi connectivity index (χ2n) is 6.82. The number of amides is 1. The summed E-state index contributed by atoms with van der Waals surface area (Å²) in [4.78, 5) is 23.3. The summed E-state index contributed by atoms with van der Waals surface area (Å²) in [6.07, 6.45) is 9.60. The van der Waals surface area contributed by atoms with Crippen molar-refractivity contribution in [2.45, 2.75) is 19.8 Å². The van der Waals surface area contributed by atoms with E-state index in [1.165, 1.54) is 12.1 Å². The van der Waals surface area contributed by atoms with Gasteiger partial charge in [-0.15, -0.1) is 0 Å². The van der Waals surface area contributed by atoms with Gasteiger partial charge in [-0.3, -0.25) is 4.79 Å². The highest BCUT2D eigenvalue weighted by atomic mass is 16.5. The minimum Gasteiger partial charge on any atom is -0.493 e. The number of carboxylic acid groups (broad SMARTS) is 1. The van der Waals surface area contributed by atoms with Crippen LogP contribution in [0.5, 0.6) is 5.75 Å². The van der Waals surface area contributed by atoms with Crippen LogP contribution in [-0.2, 0) is 4.79 Å². The van der Waals surface area contributed by atoms with Crippen molar-refractivity contribution in [2.24, 2.45) is 5.92 Å². The lowest BCUT2D eigenvalue weighted by atomic mass is 10.1. The molecule has 0 fully saturated rings. The molecule has 144 valence electrons. The lowest BCUT2D eigenvalue weighted by Crippen LogP contribution is -2.11. The monoisotopic (exact) mass is 377 g/mol. The highest BCUT2D eigenvalue weighted by Crippen LogP contribution is 2.24. The van der Waals surface area contributed by atoms with Gasteiger partial charge in [0.05, 0.1) is 17.9 Å². The molecule has 0 atom stereocenters. The van der Waals surface area contributed by atoms with Crippen LogP contribution in [0.15, 0.2) is 60.7 Å². The average molecular weight is 377 g/mol. The fraction of sp³-hybridized carbons (Fsp3) is 0.217. The molecule has 0 heterocycles. The number of para-hydroxylation sites is 1. The molecule has 1 amide bonds. The third-order valence-corrected chi connectivity index (χ3v) is 4.62. The van der Waals surface area contributed by atoms with Crippen LogP contribution in [0.3, 0.4) is 0 Å². The number of hydrogen-bond acceptors (Lipinski definition) is 3. The van der Waals surface area contributed by atoms with Gasteiger partial charge < -0.3 is 15.2 Å². The molecule has 0 aromatic heterocycles. The zero-order chi connectivity index (χ0) is 19.9. The smallest absolute Gasteiger partial charge is 0.337 e. The summed E-state index contributed by atoms with van der Waals surface area (Å²) in [6.45, 7) is 2.68. The van der Waals surface area contributed by atoms with E-state index in [-0.39, 0.29) is 17.2 Å². The van der Waals surface area contributed by atoms with Crippen LogP contribution in [0.4, 0.5) is 5.69 Å². The molecular formula is C23H23NO4. The molecular weight excluding hydrogens is 354 g/mol. The minimum absolute atomic E-state index is 0.0547. The van der Waals surface area contributed by atoms with E-state index in [0.29, 0.717) is 12.5 Å². The molecule has 5 nitrogen and oxygen atoms in total. The van der Waals surface area contributed by atoms with Crippen LogP contribution in [-0.4, -0.2) is 23.6 Å². The largest absolute Gasteiger partial charge is 0.493 e. The maximum absolute atomic E-state index is 12.1. The number of hydrogen-bond donors (Lipinski definition) is 2. The predicted octanol–water partition coefficient (Wildman–Crippen LogP) is 4.69. The molecule has 0 unspecified atom stereocenters. The van der Waals surface area contributed by atoms with Gasteiger partial charge in [0.15, 0.2) is 0 Å². The number of carbonyl (C=O) groups is 2. The van der Waals surface area contributed by atoms with Crippen LogP contribution in [0.2, 0.25) is 0 Å². The normalized spacial score (nSPS) is 13.8. The molecule has 1 aliphatic rings. The summed E-state index contributed by atoms with van der Waals surface area (Å²) in [6, 6.07) is 12.1. The van der Waals surface area contributed by atoms with Crippen molar-refractivity contribution >= 4 is 23.6 Å². The Balaban J connectivity index is 1.60. The minimum atomic E-state index is -1.08. The van der Waals surface area contributed by atoms with Gasteiger partial charge in [-0.05, 0) is 67.2 Å². The number of benzene rings is 2. The Morgan fingerprint density at radius 3 is 2.64 bits per heavy atom. The van der Waals surface area contributed by atoms with E-state index in [1.807, 2.05) is 25.1 Å². The Hall–Kier alpha value is -3.34. The average Bonchev–Trinajstić information content (AvgIpc) is 3.19. The highest BCUT2D eigenvalue weighted by molar-refractivity contribution is 6.06. The molecule has 1 aliphatic carbocycles. The Morgan fingerprint density at radius 2 is 1.93 bits per heavy atom. The molecule has 0 saturated carbocycles. The first kappa shape index (κ1) is 19.4. The second kappa shape index (κ2) is 9.04. The molecule has 0 aliphatic heterocycles. The standard InChI is InChI=1S/C23H23NO4/c1-16-14-17(10-12-21(16)28-15-18-6-2-3-7-18)11-13-22(25)24-20-9-5-4-8-19(20)23(26)27/h2-5,8-14,18H,6-7,15H2,1H3,(H,24,25)(H,26,27)/b13-11+. The van der Waals surface area contributed by atoms with Crippen molar-refractivity contribution in [1.82, 2.24) is 0 Å². The Morgan fingerprint density at radius 1 is 1.18 bits per heavy atom. The molecule has 0 saturated heterocycles. The van der Waals surface area contributed by atoms with E-state index in [1.54, 1.807) is 24.3 Å². The molecule has 0 radical (unpaired) electrons. The van der Waals surface area contributed by atoms with E-state index in [9.17, 15) is 14.7 Å². The van der Waals surface area contributed by atoms with E-state index in [0.717, 1.165) is 29.7 Å². The fourth-order valence-corrected chi connectivity index (χ4v) is 3.08. The highest BCUT2D eigenvalue weighted by Gasteiger charge is 2.12.